The highest BCUT2D eigenvalue weighted by molar-refractivity contribution is 6.05. The second-order valence-electron chi connectivity index (χ2n) is 7.45. The van der Waals surface area contributed by atoms with Crippen LogP contribution in [0.5, 0.6) is 11.5 Å². The number of carbonyl (C=O) groups is 2. The zero-order valence-corrected chi connectivity index (χ0v) is 19.2. The Morgan fingerprint density at radius 1 is 1.03 bits per heavy atom. The number of amides is 2. The van der Waals surface area contributed by atoms with E-state index < -0.39 is 5.91 Å². The first-order valence-electron chi connectivity index (χ1n) is 10.6. The molecule has 1 heterocycles. The summed E-state index contributed by atoms with van der Waals surface area (Å²) in [5.41, 5.74) is 2.34. The minimum atomic E-state index is -0.436. The van der Waals surface area contributed by atoms with E-state index >= 15 is 0 Å². The molecule has 0 bridgehead atoms. The van der Waals surface area contributed by atoms with Gasteiger partial charge in [-0.25, -0.2) is 0 Å². The van der Waals surface area contributed by atoms with Crippen LogP contribution in [-0.2, 0) is 4.79 Å². The van der Waals surface area contributed by atoms with Crippen LogP contribution in [-0.4, -0.2) is 26.0 Å². The van der Waals surface area contributed by atoms with E-state index in [0.717, 1.165) is 11.1 Å². The average molecular weight is 449 g/mol. The van der Waals surface area contributed by atoms with Gasteiger partial charge in [-0.2, -0.15) is 0 Å². The number of hydrogen-bond acceptors (Lipinski definition) is 5. The summed E-state index contributed by atoms with van der Waals surface area (Å²) >= 11 is 0. The first kappa shape index (κ1) is 23.7. The van der Waals surface area contributed by atoms with Gasteiger partial charge in [-0.1, -0.05) is 30.7 Å². The summed E-state index contributed by atoms with van der Waals surface area (Å²) in [5.74, 6) is 0.803. The maximum atomic E-state index is 13.2. The summed E-state index contributed by atoms with van der Waals surface area (Å²) in [7, 11) is 3.13. The molecule has 3 aromatic rings. The summed E-state index contributed by atoms with van der Waals surface area (Å²) in [6.07, 6.45) is 3.63. The maximum Gasteiger partial charge on any atom is 0.268 e. The molecule has 0 saturated heterocycles. The first-order valence-corrected chi connectivity index (χ1v) is 10.6. The van der Waals surface area contributed by atoms with Gasteiger partial charge in [-0.15, -0.1) is 0 Å². The number of aryl methyl sites for hydroxylation is 1. The Balaban J connectivity index is 1.85. The topological polar surface area (TPSA) is 89.8 Å². The van der Waals surface area contributed by atoms with Crippen molar-refractivity contribution in [1.82, 2.24) is 10.6 Å². The van der Waals surface area contributed by atoms with E-state index in [1.165, 1.54) is 12.3 Å². The molecule has 7 nitrogen and oxygen atoms in total. The maximum absolute atomic E-state index is 13.2. The van der Waals surface area contributed by atoms with E-state index in [9.17, 15) is 9.59 Å². The van der Waals surface area contributed by atoms with Crippen molar-refractivity contribution in [2.45, 2.75) is 26.3 Å². The zero-order chi connectivity index (χ0) is 23.8. The molecule has 3 rings (SSSR count). The Morgan fingerprint density at radius 2 is 1.82 bits per heavy atom. The van der Waals surface area contributed by atoms with E-state index in [1.807, 2.05) is 32.0 Å². The second kappa shape index (κ2) is 11.0. The van der Waals surface area contributed by atoms with Crippen LogP contribution in [0.4, 0.5) is 0 Å². The fourth-order valence-corrected chi connectivity index (χ4v) is 3.38. The van der Waals surface area contributed by atoms with E-state index in [-0.39, 0.29) is 17.6 Å². The Kier molecular flexibility index (Phi) is 7.91. The molecule has 0 aliphatic rings. The Morgan fingerprint density at radius 3 is 2.45 bits per heavy atom. The molecule has 0 fully saturated rings. The van der Waals surface area contributed by atoms with E-state index in [2.05, 4.69) is 10.6 Å². The number of furan rings is 1. The Labute approximate surface area is 193 Å². The van der Waals surface area contributed by atoms with Gasteiger partial charge >= 0.3 is 0 Å². The Hall–Kier alpha value is -4.00. The summed E-state index contributed by atoms with van der Waals surface area (Å²) in [6.45, 7) is 3.86. The SMILES string of the molecule is CCC(NC(=O)/C(=C/c1ccco1)NC(=O)c1cccc(C)c1)c1ccc(OC)c(OC)c1. The monoisotopic (exact) mass is 448 g/mol. The lowest BCUT2D eigenvalue weighted by Crippen LogP contribution is -2.36. The molecule has 0 aliphatic carbocycles. The Bertz CT molecular complexity index is 1140. The molecule has 0 radical (unpaired) electrons. The van der Waals surface area contributed by atoms with E-state index in [1.54, 1.807) is 50.6 Å². The van der Waals surface area contributed by atoms with Gasteiger partial charge in [-0.05, 0) is 55.3 Å². The molecule has 172 valence electrons. The van der Waals surface area contributed by atoms with Crippen LogP contribution in [0, 0.1) is 6.92 Å². The number of methoxy groups -OCH3 is 2. The smallest absolute Gasteiger partial charge is 0.268 e. The molecule has 33 heavy (non-hydrogen) atoms. The largest absolute Gasteiger partial charge is 0.493 e. The van der Waals surface area contributed by atoms with Crippen LogP contribution in [0.2, 0.25) is 0 Å². The summed E-state index contributed by atoms with van der Waals surface area (Å²) in [4.78, 5) is 26.1. The van der Waals surface area contributed by atoms with Crippen molar-refractivity contribution in [3.63, 3.8) is 0 Å². The van der Waals surface area contributed by atoms with Gasteiger partial charge in [0.2, 0.25) is 0 Å². The number of carbonyl (C=O) groups excluding carboxylic acids is 2. The van der Waals surface area contributed by atoms with Crippen molar-refractivity contribution in [3.05, 3.63) is 89.0 Å². The third kappa shape index (κ3) is 6.04. The highest BCUT2D eigenvalue weighted by Crippen LogP contribution is 2.31. The summed E-state index contributed by atoms with van der Waals surface area (Å²) < 4.78 is 16.0. The normalized spacial score (nSPS) is 12.1. The molecule has 1 atom stereocenters. The van der Waals surface area contributed by atoms with Gasteiger partial charge in [0.25, 0.3) is 11.8 Å². The van der Waals surface area contributed by atoms with Crippen molar-refractivity contribution in [2.75, 3.05) is 14.2 Å². The summed E-state index contributed by atoms with van der Waals surface area (Å²) in [5, 5.41) is 5.72. The van der Waals surface area contributed by atoms with Crippen LogP contribution in [0.25, 0.3) is 6.08 Å². The van der Waals surface area contributed by atoms with Gasteiger partial charge in [-0.3, -0.25) is 9.59 Å². The molecule has 7 heteroatoms. The molecule has 1 unspecified atom stereocenters. The quantitative estimate of drug-likeness (QED) is 0.466. The average Bonchev–Trinajstić information content (AvgIpc) is 3.34. The van der Waals surface area contributed by atoms with Crippen molar-refractivity contribution in [2.24, 2.45) is 0 Å². The minimum Gasteiger partial charge on any atom is -0.493 e. The van der Waals surface area contributed by atoms with Crippen LogP contribution >= 0.6 is 0 Å². The number of ether oxygens (including phenoxy) is 2. The lowest BCUT2D eigenvalue weighted by molar-refractivity contribution is -0.118. The van der Waals surface area contributed by atoms with E-state index in [0.29, 0.717) is 29.2 Å². The summed E-state index contributed by atoms with van der Waals surface area (Å²) in [6, 6.07) is 15.8. The van der Waals surface area contributed by atoms with Crippen LogP contribution in [0.15, 0.2) is 71.0 Å². The van der Waals surface area contributed by atoms with Crippen LogP contribution in [0.1, 0.15) is 46.6 Å². The third-order valence-electron chi connectivity index (χ3n) is 5.13. The molecule has 0 saturated carbocycles. The molecular formula is C26H28N2O5. The first-order chi connectivity index (χ1) is 15.9. The predicted molar refractivity (Wildman–Crippen MR) is 126 cm³/mol. The number of benzene rings is 2. The molecule has 0 spiro atoms. The number of hydrogen-bond donors (Lipinski definition) is 2. The van der Waals surface area contributed by atoms with Gasteiger partial charge in [0.05, 0.1) is 26.5 Å². The highest BCUT2D eigenvalue weighted by atomic mass is 16.5. The van der Waals surface area contributed by atoms with Crippen molar-refractivity contribution in [3.8, 4) is 11.5 Å². The lowest BCUT2D eigenvalue weighted by Gasteiger charge is -2.20. The molecule has 2 N–H and O–H groups in total. The number of rotatable bonds is 9. The zero-order valence-electron chi connectivity index (χ0n) is 19.2. The van der Waals surface area contributed by atoms with Crippen molar-refractivity contribution >= 4 is 17.9 Å². The van der Waals surface area contributed by atoms with Gasteiger partial charge in [0.15, 0.2) is 11.5 Å². The van der Waals surface area contributed by atoms with Crippen LogP contribution in [0.3, 0.4) is 0 Å². The molecule has 0 aliphatic heterocycles. The third-order valence-corrected chi connectivity index (χ3v) is 5.13. The van der Waals surface area contributed by atoms with Gasteiger partial charge in [0, 0.05) is 11.6 Å². The minimum absolute atomic E-state index is 0.0791. The fraction of sp³-hybridized carbons (Fsp3) is 0.231. The molecular weight excluding hydrogens is 420 g/mol. The fourth-order valence-electron chi connectivity index (χ4n) is 3.38. The van der Waals surface area contributed by atoms with E-state index in [4.69, 9.17) is 13.9 Å². The molecule has 1 aromatic heterocycles. The van der Waals surface area contributed by atoms with Crippen molar-refractivity contribution < 1.29 is 23.5 Å². The standard InChI is InChI=1S/C26H28N2O5/c1-5-21(18-11-12-23(31-3)24(15-18)32-4)27-26(30)22(16-20-10-7-13-33-20)28-25(29)19-9-6-8-17(2)14-19/h6-16,21H,5H2,1-4H3,(H,27,30)(H,28,29)/b22-16-. The van der Waals surface area contributed by atoms with Gasteiger partial charge in [0.1, 0.15) is 11.5 Å². The van der Waals surface area contributed by atoms with Crippen molar-refractivity contribution in [1.29, 1.82) is 0 Å². The molecule has 2 aromatic carbocycles. The number of nitrogens with one attached hydrogen (secondary N) is 2. The highest BCUT2D eigenvalue weighted by Gasteiger charge is 2.20. The molecule has 2 amide bonds. The lowest BCUT2D eigenvalue weighted by atomic mass is 10.0. The second-order valence-corrected chi connectivity index (χ2v) is 7.45. The predicted octanol–water partition coefficient (Wildman–Crippen LogP) is 4.64. The van der Waals surface area contributed by atoms with Crippen LogP contribution < -0.4 is 20.1 Å². The van der Waals surface area contributed by atoms with Gasteiger partial charge < -0.3 is 24.5 Å².